The highest BCUT2D eigenvalue weighted by atomic mass is 16.5. The van der Waals surface area contributed by atoms with Gasteiger partial charge in [-0.2, -0.15) is 0 Å². The van der Waals surface area contributed by atoms with Gasteiger partial charge in [0.05, 0.1) is 13.7 Å². The topological polar surface area (TPSA) is 67.9 Å². The fraction of sp³-hybridized carbons (Fsp3) is 0.417. The lowest BCUT2D eigenvalue weighted by molar-refractivity contribution is -0.140. The fourth-order valence-electron chi connectivity index (χ4n) is 3.02. The molecule has 0 aromatic heterocycles. The van der Waals surface area contributed by atoms with Crippen LogP contribution in [0.4, 0.5) is 0 Å². The molecule has 0 heterocycles. The van der Waals surface area contributed by atoms with Crippen molar-refractivity contribution in [3.05, 3.63) is 60.2 Å². The van der Waals surface area contributed by atoms with E-state index in [4.69, 9.17) is 9.47 Å². The van der Waals surface area contributed by atoms with E-state index in [9.17, 15) is 9.59 Å². The third kappa shape index (κ3) is 7.43. The molecule has 0 spiro atoms. The largest absolute Gasteiger partial charge is 0.497 e. The maximum Gasteiger partial charge on any atom is 0.242 e. The van der Waals surface area contributed by atoms with Crippen molar-refractivity contribution in [1.29, 1.82) is 0 Å². The summed E-state index contributed by atoms with van der Waals surface area (Å²) in [6.45, 7) is 5.14. The van der Waals surface area contributed by atoms with Crippen molar-refractivity contribution in [2.75, 3.05) is 20.3 Å². The molecule has 1 N–H and O–H groups in total. The van der Waals surface area contributed by atoms with Crippen LogP contribution in [0.1, 0.15) is 38.7 Å². The Bertz CT molecular complexity index is 795. The first-order valence-corrected chi connectivity index (χ1v) is 10.4. The van der Waals surface area contributed by atoms with Gasteiger partial charge in [-0.1, -0.05) is 37.3 Å². The van der Waals surface area contributed by atoms with Crippen LogP contribution in [0.25, 0.3) is 0 Å². The first kappa shape index (κ1) is 23.3. The lowest BCUT2D eigenvalue weighted by Crippen LogP contribution is -2.47. The predicted molar refractivity (Wildman–Crippen MR) is 117 cm³/mol. The molecule has 2 rings (SSSR count). The van der Waals surface area contributed by atoms with Crippen molar-refractivity contribution in [2.24, 2.45) is 0 Å². The van der Waals surface area contributed by atoms with E-state index in [0.29, 0.717) is 32.5 Å². The van der Waals surface area contributed by atoms with E-state index in [1.165, 1.54) is 0 Å². The number of ether oxygens (including phenoxy) is 2. The van der Waals surface area contributed by atoms with Gasteiger partial charge in [0.25, 0.3) is 0 Å². The molecule has 2 aromatic rings. The number of carbonyl (C=O) groups is 2. The predicted octanol–water partition coefficient (Wildman–Crippen LogP) is 3.80. The Hall–Kier alpha value is -3.02. The van der Waals surface area contributed by atoms with Crippen molar-refractivity contribution in [3.8, 4) is 11.5 Å². The standard InChI is InChI=1S/C24H32N2O4/c1-4-15-25-24(28)19(2)26(18-20-10-8-13-22(17-20)29-3)23(27)14-9-16-30-21-11-6-5-7-12-21/h5-8,10-13,17,19H,4,9,14-16,18H2,1-3H3,(H,25,28)/t19-/m1/s1. The van der Waals surface area contributed by atoms with Gasteiger partial charge in [0.1, 0.15) is 17.5 Å². The first-order valence-electron chi connectivity index (χ1n) is 10.4. The second-order valence-electron chi connectivity index (χ2n) is 7.11. The zero-order valence-corrected chi connectivity index (χ0v) is 18.1. The van der Waals surface area contributed by atoms with Crippen LogP contribution in [0.2, 0.25) is 0 Å². The molecule has 162 valence electrons. The number of benzene rings is 2. The van der Waals surface area contributed by atoms with Gasteiger partial charge in [-0.25, -0.2) is 0 Å². The minimum Gasteiger partial charge on any atom is -0.497 e. The number of hydrogen-bond acceptors (Lipinski definition) is 4. The smallest absolute Gasteiger partial charge is 0.242 e. The van der Waals surface area contributed by atoms with E-state index >= 15 is 0 Å². The van der Waals surface area contributed by atoms with Gasteiger partial charge in [-0.15, -0.1) is 0 Å². The molecule has 0 saturated carbocycles. The molecule has 0 radical (unpaired) electrons. The number of hydrogen-bond donors (Lipinski definition) is 1. The molecule has 0 unspecified atom stereocenters. The van der Waals surface area contributed by atoms with Crippen molar-refractivity contribution in [3.63, 3.8) is 0 Å². The average molecular weight is 413 g/mol. The van der Waals surface area contributed by atoms with E-state index in [1.54, 1.807) is 18.9 Å². The minimum atomic E-state index is -0.565. The normalized spacial score (nSPS) is 11.4. The van der Waals surface area contributed by atoms with Crippen LogP contribution in [0.15, 0.2) is 54.6 Å². The molecule has 6 heteroatoms. The average Bonchev–Trinajstić information content (AvgIpc) is 2.78. The number of para-hydroxylation sites is 1. The van der Waals surface area contributed by atoms with Crippen molar-refractivity contribution in [1.82, 2.24) is 10.2 Å². The third-order valence-electron chi connectivity index (χ3n) is 4.75. The zero-order valence-electron chi connectivity index (χ0n) is 18.1. The lowest BCUT2D eigenvalue weighted by atomic mass is 10.1. The lowest BCUT2D eigenvalue weighted by Gasteiger charge is -2.29. The van der Waals surface area contributed by atoms with Crippen LogP contribution in [-0.2, 0) is 16.1 Å². The SMILES string of the molecule is CCCNC(=O)[C@@H](C)N(Cc1cccc(OC)c1)C(=O)CCCOc1ccccc1. The van der Waals surface area contributed by atoms with Crippen LogP contribution in [-0.4, -0.2) is 43.0 Å². The number of amides is 2. The first-order chi connectivity index (χ1) is 14.5. The highest BCUT2D eigenvalue weighted by Crippen LogP contribution is 2.17. The van der Waals surface area contributed by atoms with Crippen molar-refractivity contribution in [2.45, 2.75) is 45.7 Å². The molecular formula is C24H32N2O4. The molecule has 0 fully saturated rings. The van der Waals surface area contributed by atoms with E-state index in [0.717, 1.165) is 23.5 Å². The summed E-state index contributed by atoms with van der Waals surface area (Å²) < 4.78 is 11.0. The van der Waals surface area contributed by atoms with Gasteiger partial charge in [-0.3, -0.25) is 9.59 Å². The summed E-state index contributed by atoms with van der Waals surface area (Å²) >= 11 is 0. The minimum absolute atomic E-state index is 0.0753. The molecule has 0 saturated heterocycles. The monoisotopic (exact) mass is 412 g/mol. The molecular weight excluding hydrogens is 380 g/mol. The van der Waals surface area contributed by atoms with Gasteiger partial charge in [0.2, 0.25) is 11.8 Å². The molecule has 0 aliphatic carbocycles. The molecule has 30 heavy (non-hydrogen) atoms. The van der Waals surface area contributed by atoms with Crippen molar-refractivity contribution < 1.29 is 19.1 Å². The highest BCUT2D eigenvalue weighted by Gasteiger charge is 2.25. The van der Waals surface area contributed by atoms with Gasteiger partial charge in [0.15, 0.2) is 0 Å². The molecule has 0 aliphatic heterocycles. The quantitative estimate of drug-likeness (QED) is 0.539. The summed E-state index contributed by atoms with van der Waals surface area (Å²) in [6, 6.07) is 16.5. The zero-order chi connectivity index (χ0) is 21.8. The molecule has 6 nitrogen and oxygen atoms in total. The molecule has 0 aliphatic rings. The second-order valence-corrected chi connectivity index (χ2v) is 7.11. The van der Waals surface area contributed by atoms with Gasteiger partial charge < -0.3 is 19.7 Å². The Morgan fingerprint density at radius 3 is 2.50 bits per heavy atom. The Morgan fingerprint density at radius 2 is 1.80 bits per heavy atom. The second kappa shape index (κ2) is 12.5. The third-order valence-corrected chi connectivity index (χ3v) is 4.75. The summed E-state index contributed by atoms with van der Waals surface area (Å²) in [4.78, 5) is 27.1. The van der Waals surface area contributed by atoms with E-state index in [1.807, 2.05) is 61.5 Å². The Balaban J connectivity index is 2.01. The molecule has 2 amide bonds. The summed E-state index contributed by atoms with van der Waals surface area (Å²) in [6.07, 6.45) is 1.73. The summed E-state index contributed by atoms with van der Waals surface area (Å²) in [5, 5.41) is 2.88. The molecule has 0 bridgehead atoms. The number of rotatable bonds is 12. The van der Waals surface area contributed by atoms with Crippen molar-refractivity contribution >= 4 is 11.8 Å². The van der Waals surface area contributed by atoms with Gasteiger partial charge in [-0.05, 0) is 49.6 Å². The number of nitrogens with zero attached hydrogens (tertiary/aromatic N) is 1. The van der Waals surface area contributed by atoms with Crippen LogP contribution >= 0.6 is 0 Å². The highest BCUT2D eigenvalue weighted by molar-refractivity contribution is 5.87. The fourth-order valence-corrected chi connectivity index (χ4v) is 3.02. The number of nitrogens with one attached hydrogen (secondary N) is 1. The number of carbonyl (C=O) groups excluding carboxylic acids is 2. The summed E-state index contributed by atoms with van der Waals surface area (Å²) in [5.74, 6) is 1.28. The van der Waals surface area contributed by atoms with Crippen LogP contribution in [0.5, 0.6) is 11.5 Å². The Morgan fingerprint density at radius 1 is 1.07 bits per heavy atom. The molecule has 1 atom stereocenters. The van der Waals surface area contributed by atoms with Gasteiger partial charge in [0, 0.05) is 19.5 Å². The van der Waals surface area contributed by atoms with E-state index in [-0.39, 0.29) is 11.8 Å². The summed E-state index contributed by atoms with van der Waals surface area (Å²) in [5.41, 5.74) is 0.915. The maximum atomic E-state index is 13.0. The van der Waals surface area contributed by atoms with Crippen LogP contribution in [0, 0.1) is 0 Å². The van der Waals surface area contributed by atoms with E-state index < -0.39 is 6.04 Å². The maximum absolute atomic E-state index is 13.0. The van der Waals surface area contributed by atoms with E-state index in [2.05, 4.69) is 5.32 Å². The van der Waals surface area contributed by atoms with Crippen LogP contribution < -0.4 is 14.8 Å². The van der Waals surface area contributed by atoms with Crippen LogP contribution in [0.3, 0.4) is 0 Å². The Kier molecular flexibility index (Phi) is 9.71. The van der Waals surface area contributed by atoms with Gasteiger partial charge >= 0.3 is 0 Å². The summed E-state index contributed by atoms with van der Waals surface area (Å²) in [7, 11) is 1.61. The number of methoxy groups -OCH3 is 1. The Labute approximate surface area is 179 Å². The molecule has 2 aromatic carbocycles.